The minimum Gasteiger partial charge on any atom is -0.338 e. The van der Waals surface area contributed by atoms with Crippen LogP contribution in [0.1, 0.15) is 16.8 Å². The van der Waals surface area contributed by atoms with E-state index in [1.54, 1.807) is 0 Å². The first-order valence-electron chi connectivity index (χ1n) is 5.45. The predicted octanol–water partition coefficient (Wildman–Crippen LogP) is 2.13. The molecule has 1 atom stereocenters. The minimum absolute atomic E-state index is 0. The average molecular weight is 367 g/mol. The molecule has 0 aliphatic carbocycles. The highest BCUT2D eigenvalue weighted by molar-refractivity contribution is 14.1. The van der Waals surface area contributed by atoms with E-state index < -0.39 is 0 Å². The second-order valence-electron chi connectivity index (χ2n) is 4.15. The third-order valence-corrected chi connectivity index (χ3v) is 3.65. The highest BCUT2D eigenvalue weighted by Gasteiger charge is 2.25. The molecule has 94 valence electrons. The predicted molar refractivity (Wildman–Crippen MR) is 79.5 cm³/mol. The number of amides is 1. The second-order valence-corrected chi connectivity index (χ2v) is 5.40. The molecule has 1 unspecified atom stereocenters. The van der Waals surface area contributed by atoms with E-state index in [-0.39, 0.29) is 18.3 Å². The van der Waals surface area contributed by atoms with Crippen LogP contribution in [0.25, 0.3) is 0 Å². The number of nitrogens with zero attached hydrogens (tertiary/aromatic N) is 1. The molecule has 2 rings (SSSR count). The summed E-state index contributed by atoms with van der Waals surface area (Å²) in [7, 11) is 0. The fraction of sp³-hybridized carbons (Fsp3) is 0.417. The van der Waals surface area contributed by atoms with E-state index in [1.807, 2.05) is 29.2 Å². The van der Waals surface area contributed by atoms with Crippen LogP contribution in [0, 0.1) is 9.49 Å². The first-order chi connectivity index (χ1) is 7.70. The minimum atomic E-state index is 0. The standard InChI is InChI=1S/C12H15IN2O.ClH/c13-11-3-1-2-10(6-11)12(16)15-5-4-9(7-14)8-15;/h1-3,6,9H,4-5,7-8,14H2;1H. The van der Waals surface area contributed by atoms with Crippen molar-refractivity contribution in [1.29, 1.82) is 0 Å². The van der Waals surface area contributed by atoms with Crippen LogP contribution in [0.4, 0.5) is 0 Å². The molecule has 1 aromatic rings. The third kappa shape index (κ3) is 3.56. The van der Waals surface area contributed by atoms with Gasteiger partial charge in [-0.2, -0.15) is 0 Å². The molecule has 0 radical (unpaired) electrons. The molecule has 1 aliphatic heterocycles. The number of carbonyl (C=O) groups excluding carboxylic acids is 1. The Morgan fingerprint density at radius 1 is 1.53 bits per heavy atom. The van der Waals surface area contributed by atoms with E-state index in [2.05, 4.69) is 22.6 Å². The van der Waals surface area contributed by atoms with E-state index in [0.717, 1.165) is 28.6 Å². The number of nitrogens with two attached hydrogens (primary N) is 1. The molecular weight excluding hydrogens is 351 g/mol. The molecule has 1 amide bonds. The number of halogens is 2. The number of benzene rings is 1. The number of carbonyl (C=O) groups is 1. The second kappa shape index (κ2) is 6.56. The van der Waals surface area contributed by atoms with Crippen LogP contribution in [-0.2, 0) is 0 Å². The van der Waals surface area contributed by atoms with Crippen molar-refractivity contribution in [3.8, 4) is 0 Å². The van der Waals surface area contributed by atoms with Gasteiger partial charge in [-0.3, -0.25) is 4.79 Å². The maximum Gasteiger partial charge on any atom is 0.253 e. The topological polar surface area (TPSA) is 46.3 Å². The lowest BCUT2D eigenvalue weighted by molar-refractivity contribution is 0.0787. The van der Waals surface area contributed by atoms with Gasteiger partial charge in [-0.1, -0.05) is 6.07 Å². The summed E-state index contributed by atoms with van der Waals surface area (Å²) in [6.07, 6.45) is 1.03. The highest BCUT2D eigenvalue weighted by Crippen LogP contribution is 2.18. The molecule has 0 aromatic heterocycles. The monoisotopic (exact) mass is 366 g/mol. The zero-order chi connectivity index (χ0) is 11.5. The number of likely N-dealkylation sites (tertiary alicyclic amines) is 1. The molecular formula is C12H16ClIN2O. The lowest BCUT2D eigenvalue weighted by atomic mass is 10.1. The van der Waals surface area contributed by atoms with Gasteiger partial charge in [0.15, 0.2) is 0 Å². The van der Waals surface area contributed by atoms with Gasteiger partial charge in [-0.05, 0) is 59.7 Å². The lowest BCUT2D eigenvalue weighted by Crippen LogP contribution is -2.29. The Hall–Kier alpha value is -0.330. The summed E-state index contributed by atoms with van der Waals surface area (Å²) in [4.78, 5) is 14.0. The van der Waals surface area contributed by atoms with Crippen LogP contribution in [0.15, 0.2) is 24.3 Å². The van der Waals surface area contributed by atoms with Gasteiger partial charge in [-0.15, -0.1) is 12.4 Å². The molecule has 0 saturated carbocycles. The first-order valence-corrected chi connectivity index (χ1v) is 6.53. The smallest absolute Gasteiger partial charge is 0.253 e. The van der Waals surface area contributed by atoms with Gasteiger partial charge in [0.1, 0.15) is 0 Å². The molecule has 3 nitrogen and oxygen atoms in total. The maximum absolute atomic E-state index is 12.1. The van der Waals surface area contributed by atoms with Gasteiger partial charge in [0.2, 0.25) is 0 Å². The van der Waals surface area contributed by atoms with Crippen molar-refractivity contribution in [2.24, 2.45) is 11.7 Å². The van der Waals surface area contributed by atoms with Gasteiger partial charge in [-0.25, -0.2) is 0 Å². The highest BCUT2D eigenvalue weighted by atomic mass is 127. The van der Waals surface area contributed by atoms with E-state index in [1.165, 1.54) is 0 Å². The number of rotatable bonds is 2. The summed E-state index contributed by atoms with van der Waals surface area (Å²) in [5.74, 6) is 0.612. The Labute approximate surface area is 121 Å². The van der Waals surface area contributed by atoms with Crippen molar-refractivity contribution in [1.82, 2.24) is 4.90 Å². The molecule has 0 bridgehead atoms. The van der Waals surface area contributed by atoms with Gasteiger partial charge < -0.3 is 10.6 Å². The number of hydrogen-bond donors (Lipinski definition) is 1. The normalized spacial score (nSPS) is 18.9. The Morgan fingerprint density at radius 2 is 2.29 bits per heavy atom. The van der Waals surface area contributed by atoms with Gasteiger partial charge in [0.05, 0.1) is 0 Å². The molecule has 1 aromatic carbocycles. The summed E-state index contributed by atoms with van der Waals surface area (Å²) >= 11 is 2.22. The summed E-state index contributed by atoms with van der Waals surface area (Å²) in [6.45, 7) is 2.32. The van der Waals surface area contributed by atoms with Crippen LogP contribution in [0.2, 0.25) is 0 Å². The van der Waals surface area contributed by atoms with E-state index in [9.17, 15) is 4.79 Å². The zero-order valence-corrected chi connectivity index (χ0v) is 12.4. The van der Waals surface area contributed by atoms with E-state index in [4.69, 9.17) is 5.73 Å². The quantitative estimate of drug-likeness (QED) is 0.815. The summed E-state index contributed by atoms with van der Waals surface area (Å²) in [6, 6.07) is 7.72. The maximum atomic E-state index is 12.1. The lowest BCUT2D eigenvalue weighted by Gasteiger charge is -2.16. The first kappa shape index (κ1) is 14.7. The molecule has 0 spiro atoms. The molecule has 5 heteroatoms. The van der Waals surface area contributed by atoms with Crippen LogP contribution in [0.3, 0.4) is 0 Å². The van der Waals surface area contributed by atoms with Crippen molar-refractivity contribution < 1.29 is 4.79 Å². The number of hydrogen-bond acceptors (Lipinski definition) is 2. The molecule has 1 saturated heterocycles. The van der Waals surface area contributed by atoms with Crippen molar-refractivity contribution in [2.75, 3.05) is 19.6 Å². The average Bonchev–Trinajstić information content (AvgIpc) is 2.76. The fourth-order valence-corrected chi connectivity index (χ4v) is 2.56. The molecule has 1 fully saturated rings. The van der Waals surface area contributed by atoms with Crippen molar-refractivity contribution in [3.05, 3.63) is 33.4 Å². The van der Waals surface area contributed by atoms with Crippen LogP contribution < -0.4 is 5.73 Å². The van der Waals surface area contributed by atoms with Crippen LogP contribution in [0.5, 0.6) is 0 Å². The third-order valence-electron chi connectivity index (χ3n) is 2.98. The summed E-state index contributed by atoms with van der Waals surface area (Å²) in [5.41, 5.74) is 6.40. The van der Waals surface area contributed by atoms with E-state index in [0.29, 0.717) is 12.5 Å². The summed E-state index contributed by atoms with van der Waals surface area (Å²) < 4.78 is 1.10. The van der Waals surface area contributed by atoms with Gasteiger partial charge in [0.25, 0.3) is 5.91 Å². The Balaban J connectivity index is 0.00000144. The zero-order valence-electron chi connectivity index (χ0n) is 9.43. The van der Waals surface area contributed by atoms with Crippen LogP contribution >= 0.6 is 35.0 Å². The Morgan fingerprint density at radius 3 is 2.88 bits per heavy atom. The van der Waals surface area contributed by atoms with Crippen molar-refractivity contribution in [2.45, 2.75) is 6.42 Å². The van der Waals surface area contributed by atoms with Crippen LogP contribution in [-0.4, -0.2) is 30.4 Å². The largest absolute Gasteiger partial charge is 0.338 e. The summed E-state index contributed by atoms with van der Waals surface area (Å²) in [5, 5.41) is 0. The SMILES string of the molecule is Cl.NCC1CCN(C(=O)c2cccc(I)c2)C1. The Bertz CT molecular complexity index is 400. The van der Waals surface area contributed by atoms with Crippen molar-refractivity contribution in [3.63, 3.8) is 0 Å². The molecule has 1 aliphatic rings. The van der Waals surface area contributed by atoms with E-state index >= 15 is 0 Å². The fourth-order valence-electron chi connectivity index (χ4n) is 2.01. The molecule has 17 heavy (non-hydrogen) atoms. The molecule has 2 N–H and O–H groups in total. The van der Waals surface area contributed by atoms with Gasteiger partial charge in [0, 0.05) is 22.2 Å². The molecule has 1 heterocycles. The van der Waals surface area contributed by atoms with Gasteiger partial charge >= 0.3 is 0 Å². The van der Waals surface area contributed by atoms with Crippen molar-refractivity contribution >= 4 is 40.9 Å². The Kier molecular flexibility index (Phi) is 5.69.